The van der Waals surface area contributed by atoms with Crippen molar-refractivity contribution in [3.63, 3.8) is 0 Å². The third kappa shape index (κ3) is 5.45. The highest BCUT2D eigenvalue weighted by molar-refractivity contribution is 5.35. The molecule has 0 aromatic carbocycles. The average Bonchev–Trinajstić information content (AvgIpc) is 2.40. The highest BCUT2D eigenvalue weighted by Gasteiger charge is 2.26. The van der Waals surface area contributed by atoms with Gasteiger partial charge in [-0.1, -0.05) is 33.1 Å². The predicted octanol–water partition coefficient (Wildman–Crippen LogP) is 4.64. The summed E-state index contributed by atoms with van der Waals surface area (Å²) in [4.78, 5) is 2.47. The Balaban J connectivity index is 2.83. The highest BCUT2D eigenvalue weighted by Crippen LogP contribution is 2.32. The second-order valence-corrected chi connectivity index (χ2v) is 6.84. The minimum Gasteiger partial charge on any atom is -0.386 e. The smallest absolute Gasteiger partial charge is 0.0390 e. The molecule has 1 aliphatic rings. The van der Waals surface area contributed by atoms with Crippen LogP contribution >= 0.6 is 0 Å². The van der Waals surface area contributed by atoms with Gasteiger partial charge in [0.25, 0.3) is 0 Å². The summed E-state index contributed by atoms with van der Waals surface area (Å²) in [5.74, 6) is 0. The lowest BCUT2D eigenvalue weighted by atomic mass is 9.82. The summed E-state index contributed by atoms with van der Waals surface area (Å²) in [5, 5.41) is 3.26. The SMILES string of the molecule is C=C(NCC)/C(C)=C/C=C(\C(=C)C)N1CCC(C)(C)CC1. The van der Waals surface area contributed by atoms with Gasteiger partial charge in [0.15, 0.2) is 0 Å². The Morgan fingerprint density at radius 3 is 2.19 bits per heavy atom. The fourth-order valence-corrected chi connectivity index (χ4v) is 2.53. The molecular weight excluding hydrogens is 256 g/mol. The molecule has 0 aromatic heterocycles. The zero-order valence-corrected chi connectivity index (χ0v) is 14.6. The molecule has 0 amide bonds. The standard InChI is InChI=1S/C19H32N2/c1-8-20-17(5)16(4)9-10-18(15(2)3)21-13-11-19(6,7)12-14-21/h9-10,20H,2,5,8,11-14H2,1,3-4,6-7H3/b16-9+,18-10+. The number of likely N-dealkylation sites (tertiary alicyclic amines) is 1. The van der Waals surface area contributed by atoms with Crippen molar-refractivity contribution in [1.82, 2.24) is 10.2 Å². The molecule has 1 N–H and O–H groups in total. The van der Waals surface area contributed by atoms with E-state index in [1.54, 1.807) is 0 Å². The molecule has 0 atom stereocenters. The molecule has 0 aliphatic carbocycles. The number of hydrogen-bond donors (Lipinski definition) is 1. The lowest BCUT2D eigenvalue weighted by Gasteiger charge is -2.39. The molecule has 1 aliphatic heterocycles. The summed E-state index contributed by atoms with van der Waals surface area (Å²) in [5.41, 5.74) is 5.03. The first-order valence-corrected chi connectivity index (χ1v) is 7.99. The van der Waals surface area contributed by atoms with E-state index in [-0.39, 0.29) is 0 Å². The Bertz CT molecular complexity index is 442. The molecule has 0 saturated carbocycles. The first kappa shape index (κ1) is 17.6. The van der Waals surface area contributed by atoms with Gasteiger partial charge in [0, 0.05) is 31.0 Å². The Morgan fingerprint density at radius 2 is 1.71 bits per heavy atom. The van der Waals surface area contributed by atoms with Crippen molar-refractivity contribution in [1.29, 1.82) is 0 Å². The van der Waals surface area contributed by atoms with Crippen LogP contribution in [-0.4, -0.2) is 24.5 Å². The van der Waals surface area contributed by atoms with Gasteiger partial charge >= 0.3 is 0 Å². The molecule has 1 fully saturated rings. The van der Waals surface area contributed by atoms with E-state index in [0.29, 0.717) is 5.41 Å². The molecule has 0 aromatic rings. The third-order valence-corrected chi connectivity index (χ3v) is 4.25. The maximum atomic E-state index is 4.15. The molecule has 0 bridgehead atoms. The molecule has 0 radical (unpaired) electrons. The summed E-state index contributed by atoms with van der Waals surface area (Å²) < 4.78 is 0. The van der Waals surface area contributed by atoms with Crippen molar-refractivity contribution in [2.75, 3.05) is 19.6 Å². The molecule has 2 nitrogen and oxygen atoms in total. The van der Waals surface area contributed by atoms with Crippen molar-refractivity contribution < 1.29 is 0 Å². The first-order valence-electron chi connectivity index (χ1n) is 7.99. The lowest BCUT2D eigenvalue weighted by Crippen LogP contribution is -2.36. The van der Waals surface area contributed by atoms with Crippen LogP contribution in [0, 0.1) is 5.41 Å². The zero-order valence-electron chi connectivity index (χ0n) is 14.6. The number of rotatable bonds is 6. The lowest BCUT2D eigenvalue weighted by molar-refractivity contribution is 0.164. The second kappa shape index (κ2) is 7.53. The van der Waals surface area contributed by atoms with E-state index >= 15 is 0 Å². The number of likely N-dealkylation sites (N-methyl/N-ethyl adjacent to an activating group) is 1. The van der Waals surface area contributed by atoms with Crippen LogP contribution in [-0.2, 0) is 0 Å². The molecule has 1 rings (SSSR count). The zero-order chi connectivity index (χ0) is 16.0. The molecular formula is C19H32N2. The van der Waals surface area contributed by atoms with Crippen molar-refractivity contribution in [2.45, 2.75) is 47.5 Å². The second-order valence-electron chi connectivity index (χ2n) is 6.84. The van der Waals surface area contributed by atoms with Gasteiger partial charge in [-0.25, -0.2) is 0 Å². The minimum absolute atomic E-state index is 0.474. The maximum absolute atomic E-state index is 4.15. The molecule has 0 unspecified atom stereocenters. The predicted molar refractivity (Wildman–Crippen MR) is 94.1 cm³/mol. The number of nitrogens with zero attached hydrogens (tertiary/aromatic N) is 1. The van der Waals surface area contributed by atoms with Gasteiger partial charge in [-0.15, -0.1) is 0 Å². The molecule has 21 heavy (non-hydrogen) atoms. The normalized spacial score (nSPS) is 19.4. The number of piperidine rings is 1. The van der Waals surface area contributed by atoms with Crippen molar-refractivity contribution >= 4 is 0 Å². The van der Waals surface area contributed by atoms with Gasteiger partial charge < -0.3 is 10.2 Å². The summed E-state index contributed by atoms with van der Waals surface area (Å²) in [6.07, 6.45) is 6.82. The summed E-state index contributed by atoms with van der Waals surface area (Å²) in [7, 11) is 0. The van der Waals surface area contributed by atoms with Gasteiger partial charge in [0.1, 0.15) is 0 Å². The number of hydrogen-bond acceptors (Lipinski definition) is 2. The van der Waals surface area contributed by atoms with E-state index in [4.69, 9.17) is 0 Å². The van der Waals surface area contributed by atoms with Crippen LogP contribution in [0.2, 0.25) is 0 Å². The largest absolute Gasteiger partial charge is 0.386 e. The quantitative estimate of drug-likeness (QED) is 0.716. The first-order chi connectivity index (χ1) is 9.76. The van der Waals surface area contributed by atoms with E-state index in [1.165, 1.54) is 24.1 Å². The van der Waals surface area contributed by atoms with Gasteiger partial charge in [-0.2, -0.15) is 0 Å². The molecule has 0 spiro atoms. The van der Waals surface area contributed by atoms with Gasteiger partial charge in [0.05, 0.1) is 0 Å². The van der Waals surface area contributed by atoms with Crippen molar-refractivity contribution in [3.05, 3.63) is 47.9 Å². The van der Waals surface area contributed by atoms with E-state index < -0.39 is 0 Å². The van der Waals surface area contributed by atoms with Crippen LogP contribution in [0.4, 0.5) is 0 Å². The Kier molecular flexibility index (Phi) is 6.32. The summed E-state index contributed by atoms with van der Waals surface area (Å²) >= 11 is 0. The van der Waals surface area contributed by atoms with Crippen LogP contribution in [0.25, 0.3) is 0 Å². The van der Waals surface area contributed by atoms with Crippen molar-refractivity contribution in [2.24, 2.45) is 5.41 Å². The van der Waals surface area contributed by atoms with E-state index in [9.17, 15) is 0 Å². The maximum Gasteiger partial charge on any atom is 0.0390 e. The Hall–Kier alpha value is -1.44. The Labute approximate surface area is 131 Å². The van der Waals surface area contributed by atoms with Crippen LogP contribution in [0.15, 0.2) is 47.9 Å². The van der Waals surface area contributed by atoms with Gasteiger partial charge in [-0.3, -0.25) is 0 Å². The number of nitrogens with one attached hydrogen (secondary N) is 1. The highest BCUT2D eigenvalue weighted by atomic mass is 15.1. The summed E-state index contributed by atoms with van der Waals surface area (Å²) in [6, 6.07) is 0. The Morgan fingerprint density at radius 1 is 1.14 bits per heavy atom. The fourth-order valence-electron chi connectivity index (χ4n) is 2.53. The van der Waals surface area contributed by atoms with E-state index in [0.717, 1.165) is 30.9 Å². The fraction of sp³-hybridized carbons (Fsp3) is 0.579. The minimum atomic E-state index is 0.474. The monoisotopic (exact) mass is 288 g/mol. The van der Waals surface area contributed by atoms with Gasteiger partial charge in [-0.05, 0) is 56.3 Å². The summed E-state index contributed by atoms with van der Waals surface area (Å²) in [6.45, 7) is 22.3. The molecule has 2 heteroatoms. The average molecular weight is 288 g/mol. The molecule has 1 heterocycles. The van der Waals surface area contributed by atoms with Crippen LogP contribution in [0.1, 0.15) is 47.5 Å². The van der Waals surface area contributed by atoms with Crippen LogP contribution in [0.3, 0.4) is 0 Å². The van der Waals surface area contributed by atoms with Crippen LogP contribution in [0.5, 0.6) is 0 Å². The third-order valence-electron chi connectivity index (χ3n) is 4.25. The van der Waals surface area contributed by atoms with Gasteiger partial charge in [0.2, 0.25) is 0 Å². The molecule has 1 saturated heterocycles. The number of allylic oxidation sites excluding steroid dienone is 4. The molecule has 118 valence electrons. The van der Waals surface area contributed by atoms with Crippen LogP contribution < -0.4 is 5.32 Å². The van der Waals surface area contributed by atoms with E-state index in [2.05, 4.69) is 70.1 Å². The van der Waals surface area contributed by atoms with Crippen molar-refractivity contribution in [3.8, 4) is 0 Å². The van der Waals surface area contributed by atoms with E-state index in [1.807, 2.05) is 0 Å². The topological polar surface area (TPSA) is 15.3 Å².